The molecule has 0 aliphatic heterocycles. The Balaban J connectivity index is 0.823. The van der Waals surface area contributed by atoms with Crippen molar-refractivity contribution in [3.8, 4) is 188 Å². The van der Waals surface area contributed by atoms with Crippen LogP contribution in [0.15, 0.2) is 388 Å². The first-order chi connectivity index (χ1) is 61.4. The molecule has 7 aromatic heterocycles. The normalized spacial score (nSPS) is 11.4. The predicted octanol–water partition coefficient (Wildman–Crippen LogP) is 23.7. The van der Waals surface area contributed by atoms with E-state index >= 15 is 0 Å². The zero-order valence-corrected chi connectivity index (χ0v) is 66.0. The summed E-state index contributed by atoms with van der Waals surface area (Å²) >= 11 is 0. The summed E-state index contributed by atoms with van der Waals surface area (Å²) in [6.45, 7) is 0. The van der Waals surface area contributed by atoms with Crippen LogP contribution >= 0.6 is 0 Å². The fourth-order valence-corrected chi connectivity index (χ4v) is 16.0. The molecule has 0 amide bonds. The van der Waals surface area contributed by atoms with Gasteiger partial charge in [-0.25, -0.2) is 74.8 Å². The van der Waals surface area contributed by atoms with Gasteiger partial charge in [-0.1, -0.05) is 303 Å². The lowest BCUT2D eigenvalue weighted by molar-refractivity contribution is 1.06. The number of nitrogens with zero attached hydrogens (tertiary/aromatic N) is 18. The molecule has 18 heteroatoms. The Morgan fingerprint density at radius 2 is 0.331 bits per heavy atom. The van der Waals surface area contributed by atoms with Crippen LogP contribution in [-0.2, 0) is 0 Å². The highest BCUT2D eigenvalue weighted by Gasteiger charge is 2.28. The lowest BCUT2D eigenvalue weighted by Crippen LogP contribution is -2.07. The second-order valence-corrected chi connectivity index (χ2v) is 29.8. The second-order valence-electron chi connectivity index (χ2n) is 29.8. The monoisotopic (exact) mass is 1590 g/mol. The molecule has 0 bridgehead atoms. The molecule has 0 saturated carbocycles. The number of fused-ring (bicyclic) bond motifs is 6. The SMILES string of the molecule is N#Cc1cc(-n2c3ccc(-c4nc(-c5ccccc5)nc(-c5ccccc5)n4)cc3c3cc(-c4nc(-c5ccccc5)nc(-c5ccccc5)n4)ccc32)c(-c2nc(-c3ccccc3)nc(-c3ccccc3)n2)cc1-n1c2ccc(-c3nc(-c4ccccc4)nc(-c4ccccc4)n3)cc2c2cc(-c3nc(-c4ccccc4)nc(-c4ccccc4)n3)ccc21. The third-order valence-corrected chi connectivity index (χ3v) is 22.0. The maximum atomic E-state index is 12.5. The minimum Gasteiger partial charge on any atom is -0.308 e. The fraction of sp³-hybridized carbons (Fsp3) is 0. The highest BCUT2D eigenvalue weighted by atomic mass is 15.1. The Morgan fingerprint density at radius 3 is 0.516 bits per heavy atom. The number of benzene rings is 15. The average molecular weight is 1590 g/mol. The van der Waals surface area contributed by atoms with Gasteiger partial charge in [-0.3, -0.25) is 0 Å². The summed E-state index contributed by atoms with van der Waals surface area (Å²) in [5.41, 5.74) is 16.2. The second kappa shape index (κ2) is 31.4. The van der Waals surface area contributed by atoms with Crippen LogP contribution in [-0.4, -0.2) is 83.9 Å². The lowest BCUT2D eigenvalue weighted by atomic mass is 10.0. The fourth-order valence-electron chi connectivity index (χ4n) is 16.0. The van der Waals surface area contributed by atoms with E-state index in [1.54, 1.807) is 0 Å². The molecule has 7 heterocycles. The van der Waals surface area contributed by atoms with Crippen molar-refractivity contribution in [2.75, 3.05) is 0 Å². The quantitative estimate of drug-likeness (QED) is 0.0825. The number of rotatable bonds is 17. The van der Waals surface area contributed by atoms with E-state index < -0.39 is 0 Å². The summed E-state index contributed by atoms with van der Waals surface area (Å²) in [4.78, 5) is 79.0. The summed E-state index contributed by atoms with van der Waals surface area (Å²) in [6.07, 6.45) is 0. The van der Waals surface area contributed by atoms with Crippen molar-refractivity contribution in [1.29, 1.82) is 5.26 Å². The molecule has 0 N–H and O–H groups in total. The van der Waals surface area contributed by atoms with Gasteiger partial charge < -0.3 is 9.13 Å². The minimum absolute atomic E-state index is 0.323. The van der Waals surface area contributed by atoms with Crippen molar-refractivity contribution in [3.05, 3.63) is 394 Å². The van der Waals surface area contributed by atoms with Gasteiger partial charge in [0.15, 0.2) is 87.4 Å². The van der Waals surface area contributed by atoms with Gasteiger partial charge in [0.05, 0.1) is 39.0 Å². The third-order valence-electron chi connectivity index (χ3n) is 22.0. The van der Waals surface area contributed by atoms with Gasteiger partial charge >= 0.3 is 0 Å². The maximum Gasteiger partial charge on any atom is 0.166 e. The van der Waals surface area contributed by atoms with E-state index in [0.717, 1.165) is 122 Å². The lowest BCUT2D eigenvalue weighted by Gasteiger charge is -2.19. The molecule has 0 spiro atoms. The maximum absolute atomic E-state index is 12.5. The van der Waals surface area contributed by atoms with Crippen molar-refractivity contribution >= 4 is 43.6 Å². The van der Waals surface area contributed by atoms with Crippen LogP contribution in [0.1, 0.15) is 5.56 Å². The average Bonchev–Trinajstić information content (AvgIpc) is 1.57. The van der Waals surface area contributed by atoms with E-state index in [2.05, 4.69) is 81.9 Å². The number of hydrogen-bond donors (Lipinski definition) is 0. The van der Waals surface area contributed by atoms with Crippen LogP contribution in [0.25, 0.3) is 226 Å². The van der Waals surface area contributed by atoms with Crippen molar-refractivity contribution in [2.24, 2.45) is 0 Å². The smallest absolute Gasteiger partial charge is 0.166 e. The Labute approximate surface area is 710 Å². The van der Waals surface area contributed by atoms with E-state index in [-0.39, 0.29) is 0 Å². The summed E-state index contributed by atoms with van der Waals surface area (Å²) in [6, 6.07) is 131. The molecule has 0 saturated heterocycles. The van der Waals surface area contributed by atoms with Crippen LogP contribution in [0.3, 0.4) is 0 Å². The first-order valence-corrected chi connectivity index (χ1v) is 40.5. The number of nitriles is 1. The van der Waals surface area contributed by atoms with Crippen LogP contribution in [0.4, 0.5) is 0 Å². The molecule has 0 radical (unpaired) electrons. The number of hydrogen-bond acceptors (Lipinski definition) is 16. The van der Waals surface area contributed by atoms with Gasteiger partial charge in [-0.2, -0.15) is 5.26 Å². The molecule has 0 unspecified atom stereocenters. The molecular formula is C106H64N18. The summed E-state index contributed by atoms with van der Waals surface area (Å²) < 4.78 is 4.37. The third kappa shape index (κ3) is 13.8. The van der Waals surface area contributed by atoms with E-state index in [1.807, 2.05) is 322 Å². The highest BCUT2D eigenvalue weighted by Crippen LogP contribution is 2.45. The molecule has 22 rings (SSSR count). The minimum atomic E-state index is 0.323. The van der Waals surface area contributed by atoms with Crippen molar-refractivity contribution in [2.45, 2.75) is 0 Å². The van der Waals surface area contributed by atoms with Crippen LogP contribution < -0.4 is 0 Å². The van der Waals surface area contributed by atoms with Crippen molar-refractivity contribution < 1.29 is 0 Å². The molecule has 22 aromatic rings. The highest BCUT2D eigenvalue weighted by molar-refractivity contribution is 6.14. The standard InChI is InChI=1S/C106H64N18/c107-65-80-63-91(124-88-57-53-78(104-117-96(70-39-19-5-20-40-70)110-97(118-104)71-41-21-6-22-42-71)61-83(88)84-62-79(54-58-89(84)124)105-119-98(72-43-23-7-24-44-72)111-99(120-105)73-45-25-8-26-46-73)85(106-121-100(74-47-27-9-28-48-74)112-101(122-106)75-49-29-10-30-50-75)64-90(80)123-86-55-51-76(102-113-92(66-31-11-1-12-32-66)108-93(114-102)67-33-13-2-14-34-67)59-81(86)82-60-77(52-56-87(82)123)103-115-94(68-35-15-3-16-36-68)109-95(116-103)69-37-17-4-18-38-69/h1-64H. The van der Waals surface area contributed by atoms with Crippen LogP contribution in [0.5, 0.6) is 0 Å². The first kappa shape index (κ1) is 72.9. The Morgan fingerprint density at radius 1 is 0.161 bits per heavy atom. The molecule has 124 heavy (non-hydrogen) atoms. The molecular weight excluding hydrogens is 1530 g/mol. The van der Waals surface area contributed by atoms with Gasteiger partial charge in [-0.05, 0) is 84.9 Å². The largest absolute Gasteiger partial charge is 0.308 e. The summed E-state index contributed by atoms with van der Waals surface area (Å²) in [5, 5.41) is 15.7. The zero-order valence-electron chi connectivity index (χ0n) is 66.0. The molecule has 0 fully saturated rings. The molecule has 15 aromatic carbocycles. The van der Waals surface area contributed by atoms with E-state index in [4.69, 9.17) is 74.8 Å². The van der Waals surface area contributed by atoms with Crippen LogP contribution in [0, 0.1) is 11.3 Å². The van der Waals surface area contributed by atoms with Gasteiger partial charge in [-0.15, -0.1) is 0 Å². The molecule has 0 aliphatic carbocycles. The van der Waals surface area contributed by atoms with Gasteiger partial charge in [0, 0.05) is 105 Å². The Kier molecular flexibility index (Phi) is 18.4. The zero-order chi connectivity index (χ0) is 82.4. The Hall–Kier alpha value is -17.6. The van der Waals surface area contributed by atoms with E-state index in [0.29, 0.717) is 110 Å². The Bertz CT molecular complexity index is 7230. The summed E-state index contributed by atoms with van der Waals surface area (Å²) in [5.74, 6) is 7.18. The first-order valence-electron chi connectivity index (χ1n) is 40.5. The van der Waals surface area contributed by atoms with Crippen LogP contribution in [0.2, 0.25) is 0 Å². The molecule has 0 atom stereocenters. The molecule has 578 valence electrons. The van der Waals surface area contributed by atoms with Gasteiger partial charge in [0.2, 0.25) is 0 Å². The van der Waals surface area contributed by atoms with E-state index in [1.165, 1.54) is 0 Å². The number of aromatic nitrogens is 17. The van der Waals surface area contributed by atoms with E-state index in [9.17, 15) is 5.26 Å². The van der Waals surface area contributed by atoms with Crippen molar-refractivity contribution in [3.63, 3.8) is 0 Å². The predicted molar refractivity (Wildman–Crippen MR) is 488 cm³/mol. The molecule has 0 aliphatic rings. The topological polar surface area (TPSA) is 227 Å². The summed E-state index contributed by atoms with van der Waals surface area (Å²) in [7, 11) is 0. The molecule has 18 nitrogen and oxygen atoms in total. The van der Waals surface area contributed by atoms with Gasteiger partial charge in [0.25, 0.3) is 0 Å². The van der Waals surface area contributed by atoms with Gasteiger partial charge in [0.1, 0.15) is 6.07 Å². The van der Waals surface area contributed by atoms with Crippen molar-refractivity contribution in [1.82, 2.24) is 83.9 Å².